The van der Waals surface area contributed by atoms with Crippen molar-refractivity contribution in [2.24, 2.45) is 0 Å². The van der Waals surface area contributed by atoms with Gasteiger partial charge in [-0.2, -0.15) is 13.2 Å². The molecule has 0 aliphatic rings. The highest BCUT2D eigenvalue weighted by Crippen LogP contribution is 2.62. The Kier molecular flexibility index (Phi) is 5.05. The fourth-order valence-electron chi connectivity index (χ4n) is 2.74. The van der Waals surface area contributed by atoms with Crippen LogP contribution in [-0.2, 0) is 4.57 Å². The lowest BCUT2D eigenvalue weighted by Gasteiger charge is -2.34. The van der Waals surface area contributed by atoms with E-state index in [0.29, 0.717) is 0 Å². The zero-order valence-corrected chi connectivity index (χ0v) is 14.3. The maximum Gasteiger partial charge on any atom is 0.390 e. The van der Waals surface area contributed by atoms with Gasteiger partial charge < -0.3 is 4.57 Å². The van der Waals surface area contributed by atoms with Gasteiger partial charge in [-0.25, -0.2) is 0 Å². The van der Waals surface area contributed by atoms with Crippen molar-refractivity contribution >= 4 is 18.0 Å². The number of alkyl halides is 3. The van der Waals surface area contributed by atoms with Crippen molar-refractivity contribution in [1.29, 1.82) is 0 Å². The number of halogens is 3. The molecule has 0 saturated heterocycles. The van der Waals surface area contributed by atoms with Crippen LogP contribution in [0.1, 0.15) is 30.6 Å². The van der Waals surface area contributed by atoms with E-state index in [9.17, 15) is 22.5 Å². The molecule has 0 amide bonds. The van der Waals surface area contributed by atoms with Gasteiger partial charge in [0.05, 0.1) is 6.42 Å². The Labute approximate surface area is 139 Å². The first-order valence-electron chi connectivity index (χ1n) is 7.40. The van der Waals surface area contributed by atoms with Crippen LogP contribution in [0.25, 0.3) is 0 Å². The first-order chi connectivity index (χ1) is 11.1. The molecule has 2 rings (SSSR count). The summed E-state index contributed by atoms with van der Waals surface area (Å²) in [5, 5.41) is -1.60. The maximum atomic E-state index is 13.8. The van der Waals surface area contributed by atoms with E-state index >= 15 is 0 Å². The molecule has 2 nitrogen and oxygen atoms in total. The maximum absolute atomic E-state index is 13.8. The molecule has 0 spiro atoms. The van der Waals surface area contributed by atoms with Gasteiger partial charge in [0.2, 0.25) is 5.52 Å². The van der Waals surface area contributed by atoms with Crippen molar-refractivity contribution in [3.63, 3.8) is 0 Å². The molecule has 0 aliphatic heterocycles. The highest BCUT2D eigenvalue weighted by molar-refractivity contribution is 7.88. The van der Waals surface area contributed by atoms with Gasteiger partial charge in [-0.05, 0) is 0 Å². The monoisotopic (exact) mass is 354 g/mol. The van der Waals surface area contributed by atoms with Crippen LogP contribution in [0.2, 0.25) is 0 Å². The van der Waals surface area contributed by atoms with Crippen LogP contribution in [0.5, 0.6) is 0 Å². The van der Waals surface area contributed by atoms with Crippen molar-refractivity contribution in [3.05, 3.63) is 66.2 Å². The van der Waals surface area contributed by atoms with Crippen molar-refractivity contribution in [1.82, 2.24) is 0 Å². The van der Waals surface area contributed by atoms with E-state index < -0.39 is 30.4 Å². The normalized spacial score (nSPS) is 14.9. The average Bonchev–Trinajstić information content (AvgIpc) is 2.52. The Hall–Kier alpha value is -1.87. The minimum absolute atomic E-state index is 0.146. The van der Waals surface area contributed by atoms with Crippen molar-refractivity contribution in [2.75, 3.05) is 0 Å². The molecule has 0 radical (unpaired) electrons. The van der Waals surface area contributed by atoms with E-state index in [-0.39, 0.29) is 10.9 Å². The van der Waals surface area contributed by atoms with E-state index in [1.807, 2.05) is 0 Å². The SMILES string of the molecule is CC(C)(CC(F)(F)F)P(=O)(C(=O)c1ccccc1)c1ccccc1. The highest BCUT2D eigenvalue weighted by Gasteiger charge is 2.52. The summed E-state index contributed by atoms with van der Waals surface area (Å²) in [5.74, 6) is 0. The van der Waals surface area contributed by atoms with Crippen LogP contribution in [0.3, 0.4) is 0 Å². The summed E-state index contributed by atoms with van der Waals surface area (Å²) in [4.78, 5) is 13.0. The van der Waals surface area contributed by atoms with Crippen LogP contribution < -0.4 is 5.30 Å². The van der Waals surface area contributed by atoms with Crippen molar-refractivity contribution in [2.45, 2.75) is 31.6 Å². The molecule has 128 valence electrons. The third-order valence-electron chi connectivity index (χ3n) is 3.91. The summed E-state index contributed by atoms with van der Waals surface area (Å²) in [5.41, 5.74) is -0.594. The minimum atomic E-state index is -4.52. The minimum Gasteiger partial charge on any atom is -0.310 e. The second kappa shape index (κ2) is 6.56. The van der Waals surface area contributed by atoms with Gasteiger partial charge in [-0.3, -0.25) is 4.79 Å². The smallest absolute Gasteiger partial charge is 0.310 e. The molecule has 1 atom stereocenters. The summed E-state index contributed by atoms with van der Waals surface area (Å²) in [6.07, 6.45) is -5.82. The number of hydrogen-bond donors (Lipinski definition) is 0. The molecule has 0 heterocycles. The van der Waals surface area contributed by atoms with Gasteiger partial charge in [0.25, 0.3) is 0 Å². The van der Waals surface area contributed by atoms with E-state index in [2.05, 4.69) is 0 Å². The van der Waals surface area contributed by atoms with Crippen LogP contribution in [0.4, 0.5) is 13.2 Å². The van der Waals surface area contributed by atoms with Crippen LogP contribution in [0.15, 0.2) is 60.7 Å². The summed E-state index contributed by atoms with van der Waals surface area (Å²) in [6, 6.07) is 15.6. The molecule has 0 fully saturated rings. The largest absolute Gasteiger partial charge is 0.390 e. The van der Waals surface area contributed by atoms with Crippen molar-refractivity contribution in [3.8, 4) is 0 Å². The molecule has 1 unspecified atom stereocenters. The van der Waals surface area contributed by atoms with Gasteiger partial charge >= 0.3 is 6.18 Å². The van der Waals surface area contributed by atoms with Gasteiger partial charge in [-0.15, -0.1) is 0 Å². The Morgan fingerprint density at radius 1 is 0.917 bits per heavy atom. The fraction of sp³-hybridized carbons (Fsp3) is 0.278. The third kappa shape index (κ3) is 3.62. The second-order valence-corrected chi connectivity index (χ2v) is 9.57. The Balaban J connectivity index is 2.63. The summed E-state index contributed by atoms with van der Waals surface area (Å²) in [7, 11) is -4.04. The second-order valence-electron chi connectivity index (χ2n) is 6.22. The third-order valence-corrected chi connectivity index (χ3v) is 7.63. The van der Waals surface area contributed by atoms with E-state index in [0.717, 1.165) is 0 Å². The molecular formula is C18H18F3O2P. The number of benzene rings is 2. The zero-order chi connectivity index (χ0) is 18.0. The molecule has 0 saturated carbocycles. The standard InChI is InChI=1S/C18H18F3O2P/c1-17(2,13-18(19,20)21)24(23,15-11-7-4-8-12-15)16(22)14-9-5-3-6-10-14/h3-12H,13H2,1-2H3. The number of rotatable bonds is 5. The van der Waals surface area contributed by atoms with Gasteiger partial charge in [0, 0.05) is 16.0 Å². The first kappa shape index (κ1) is 18.5. The van der Waals surface area contributed by atoms with Crippen LogP contribution in [-0.4, -0.2) is 16.9 Å². The quantitative estimate of drug-likeness (QED) is 0.688. The molecule has 0 aliphatic carbocycles. The summed E-state index contributed by atoms with van der Waals surface area (Å²) >= 11 is 0. The molecule has 0 bridgehead atoms. The lowest BCUT2D eigenvalue weighted by Crippen LogP contribution is -2.35. The Bertz CT molecular complexity index is 753. The number of carbonyl (C=O) groups excluding carboxylic acids is 1. The highest BCUT2D eigenvalue weighted by atomic mass is 31.2. The Morgan fingerprint density at radius 3 is 1.83 bits per heavy atom. The van der Waals surface area contributed by atoms with Gasteiger partial charge in [-0.1, -0.05) is 74.5 Å². The van der Waals surface area contributed by atoms with E-state index in [4.69, 9.17) is 0 Å². The lowest BCUT2D eigenvalue weighted by atomic mass is 10.1. The molecule has 6 heteroatoms. The molecule has 24 heavy (non-hydrogen) atoms. The predicted octanol–water partition coefficient (Wildman–Crippen LogP) is 5.25. The van der Waals surface area contributed by atoms with E-state index in [1.165, 1.54) is 38.1 Å². The van der Waals surface area contributed by atoms with E-state index in [1.54, 1.807) is 36.4 Å². The number of carbonyl (C=O) groups is 1. The molecule has 0 N–H and O–H groups in total. The van der Waals surface area contributed by atoms with Crippen molar-refractivity contribution < 1.29 is 22.5 Å². The summed E-state index contributed by atoms with van der Waals surface area (Å²) < 4.78 is 52.9. The molecule has 2 aromatic carbocycles. The van der Waals surface area contributed by atoms with Gasteiger partial charge in [0.1, 0.15) is 0 Å². The van der Waals surface area contributed by atoms with Crippen LogP contribution >= 0.6 is 7.14 Å². The molecular weight excluding hydrogens is 336 g/mol. The zero-order valence-electron chi connectivity index (χ0n) is 13.4. The Morgan fingerprint density at radius 2 is 1.38 bits per heavy atom. The molecule has 0 aromatic heterocycles. The molecule has 2 aromatic rings. The lowest BCUT2D eigenvalue weighted by molar-refractivity contribution is -0.139. The summed E-state index contributed by atoms with van der Waals surface area (Å²) in [6.45, 7) is 2.49. The van der Waals surface area contributed by atoms with Crippen LogP contribution in [0, 0.1) is 0 Å². The fourth-order valence-corrected chi connectivity index (χ4v) is 5.73. The van der Waals surface area contributed by atoms with Gasteiger partial charge in [0.15, 0.2) is 7.14 Å². The predicted molar refractivity (Wildman–Crippen MR) is 89.2 cm³/mol. The topological polar surface area (TPSA) is 34.1 Å². The average molecular weight is 354 g/mol. The first-order valence-corrected chi connectivity index (χ1v) is 9.11. The number of hydrogen-bond acceptors (Lipinski definition) is 2.